The molecule has 0 heterocycles. The molecule has 0 aliphatic rings. The lowest BCUT2D eigenvalue weighted by Crippen LogP contribution is -1.85. The summed E-state index contributed by atoms with van der Waals surface area (Å²) in [5.41, 5.74) is 0. The molecule has 0 saturated heterocycles. The fourth-order valence-corrected chi connectivity index (χ4v) is 6.77. The van der Waals surface area contributed by atoms with Crippen LogP contribution in [0.3, 0.4) is 0 Å². The topological polar surface area (TPSA) is 0 Å². The van der Waals surface area contributed by atoms with Gasteiger partial charge in [-0.05, 0) is 12.8 Å². The van der Waals surface area contributed by atoms with Crippen LogP contribution in [0.4, 0.5) is 0 Å². The van der Waals surface area contributed by atoms with Crippen LogP contribution in [0.1, 0.15) is 181 Å². The number of rotatable bonds is 29. The smallest absolute Gasteiger partial charge is 0.00369 e. The van der Waals surface area contributed by atoms with Crippen molar-refractivity contribution in [1.29, 1.82) is 0 Å². The molecule has 0 atom stereocenters. The second-order valence-electron chi connectivity index (χ2n) is 10.1. The molecule has 0 saturated carbocycles. The maximum absolute atomic E-state index is 2.30. The standard InChI is InChI=1S/C30H62S2/c1-3-5-7-9-11-13-15-17-18-20-22-24-26-28-30-32-31-29-27-25-23-21-19-16-14-12-10-8-6-4-2/h3-30H2,1-2H3. The van der Waals surface area contributed by atoms with E-state index in [1.165, 1.54) is 178 Å². The van der Waals surface area contributed by atoms with Crippen molar-refractivity contribution in [2.45, 2.75) is 181 Å². The van der Waals surface area contributed by atoms with Gasteiger partial charge in [0, 0.05) is 11.5 Å². The van der Waals surface area contributed by atoms with Crippen LogP contribution in [0.25, 0.3) is 0 Å². The Labute approximate surface area is 213 Å². The molecule has 0 aromatic rings. The minimum absolute atomic E-state index is 1.37. The molecule has 0 fully saturated rings. The van der Waals surface area contributed by atoms with Crippen LogP contribution in [0, 0.1) is 0 Å². The molecular formula is C30H62S2. The summed E-state index contributed by atoms with van der Waals surface area (Å²) in [6.45, 7) is 4.61. The zero-order chi connectivity index (χ0) is 23.2. The Balaban J connectivity index is 2.98. The van der Waals surface area contributed by atoms with Gasteiger partial charge < -0.3 is 0 Å². The third-order valence-electron chi connectivity index (χ3n) is 6.75. The van der Waals surface area contributed by atoms with Crippen LogP contribution in [-0.2, 0) is 0 Å². The van der Waals surface area contributed by atoms with E-state index < -0.39 is 0 Å². The molecule has 32 heavy (non-hydrogen) atoms. The molecule has 0 aliphatic carbocycles. The zero-order valence-corrected chi connectivity index (χ0v) is 24.2. The van der Waals surface area contributed by atoms with E-state index in [4.69, 9.17) is 0 Å². The highest BCUT2D eigenvalue weighted by Crippen LogP contribution is 2.25. The Hall–Kier alpha value is 0.700. The van der Waals surface area contributed by atoms with Crippen LogP contribution >= 0.6 is 21.6 Å². The van der Waals surface area contributed by atoms with Gasteiger partial charge in [-0.15, -0.1) is 0 Å². The maximum Gasteiger partial charge on any atom is 0.00369 e. The predicted molar refractivity (Wildman–Crippen MR) is 156 cm³/mol. The van der Waals surface area contributed by atoms with Gasteiger partial charge in [0.05, 0.1) is 0 Å². The van der Waals surface area contributed by atoms with Gasteiger partial charge in [0.1, 0.15) is 0 Å². The summed E-state index contributed by atoms with van der Waals surface area (Å²) < 4.78 is 0. The van der Waals surface area contributed by atoms with Gasteiger partial charge >= 0.3 is 0 Å². The Morgan fingerprint density at radius 2 is 0.438 bits per heavy atom. The molecule has 0 rings (SSSR count). The minimum atomic E-state index is 1.37. The van der Waals surface area contributed by atoms with Gasteiger partial charge in [0.15, 0.2) is 0 Å². The average Bonchev–Trinajstić information content (AvgIpc) is 2.81. The molecule has 2 heteroatoms. The van der Waals surface area contributed by atoms with E-state index in [1.807, 2.05) is 0 Å². The molecule has 194 valence electrons. The molecule has 0 radical (unpaired) electrons. The highest BCUT2D eigenvalue weighted by Gasteiger charge is 1.97. The van der Waals surface area contributed by atoms with E-state index in [0.29, 0.717) is 0 Å². The van der Waals surface area contributed by atoms with E-state index in [0.717, 1.165) is 0 Å². The summed E-state index contributed by atoms with van der Waals surface area (Å²) >= 11 is 0. The van der Waals surface area contributed by atoms with E-state index in [-0.39, 0.29) is 0 Å². The van der Waals surface area contributed by atoms with Crippen molar-refractivity contribution in [3.63, 3.8) is 0 Å². The summed E-state index contributed by atoms with van der Waals surface area (Å²) in [5, 5.41) is 0. The Bertz CT molecular complexity index is 275. The van der Waals surface area contributed by atoms with Gasteiger partial charge in [-0.2, -0.15) is 0 Å². The van der Waals surface area contributed by atoms with Gasteiger partial charge in [-0.1, -0.05) is 190 Å². The molecule has 0 aliphatic heterocycles. The lowest BCUT2D eigenvalue weighted by Gasteiger charge is -2.04. The van der Waals surface area contributed by atoms with Crippen LogP contribution in [0.5, 0.6) is 0 Å². The number of unbranched alkanes of at least 4 members (excludes halogenated alkanes) is 24. The van der Waals surface area contributed by atoms with E-state index in [1.54, 1.807) is 0 Å². The van der Waals surface area contributed by atoms with E-state index in [9.17, 15) is 0 Å². The zero-order valence-electron chi connectivity index (χ0n) is 22.6. The monoisotopic (exact) mass is 486 g/mol. The number of hydrogen-bond acceptors (Lipinski definition) is 2. The van der Waals surface area contributed by atoms with Gasteiger partial charge in [0.25, 0.3) is 0 Å². The van der Waals surface area contributed by atoms with Gasteiger partial charge in [0.2, 0.25) is 0 Å². The molecule has 0 aromatic carbocycles. The van der Waals surface area contributed by atoms with Crippen molar-refractivity contribution in [2.75, 3.05) is 11.5 Å². The number of hydrogen-bond donors (Lipinski definition) is 0. The van der Waals surface area contributed by atoms with Crippen molar-refractivity contribution < 1.29 is 0 Å². The van der Waals surface area contributed by atoms with Crippen molar-refractivity contribution in [3.05, 3.63) is 0 Å². The summed E-state index contributed by atoms with van der Waals surface area (Å²) in [7, 11) is 4.27. The van der Waals surface area contributed by atoms with Gasteiger partial charge in [-0.25, -0.2) is 0 Å². The Morgan fingerprint density at radius 1 is 0.250 bits per heavy atom. The molecule has 0 spiro atoms. The van der Waals surface area contributed by atoms with Gasteiger partial charge in [-0.3, -0.25) is 0 Å². The Kier molecular flexibility index (Phi) is 32.4. The summed E-state index contributed by atoms with van der Waals surface area (Å²) in [4.78, 5) is 0. The quantitative estimate of drug-likeness (QED) is 0.0761. The lowest BCUT2D eigenvalue weighted by molar-refractivity contribution is 0.538. The highest BCUT2D eigenvalue weighted by atomic mass is 33.1. The molecule has 0 N–H and O–H groups in total. The van der Waals surface area contributed by atoms with E-state index >= 15 is 0 Å². The predicted octanol–water partition coefficient (Wildman–Crippen LogP) is 12.6. The molecule has 0 unspecified atom stereocenters. The summed E-state index contributed by atoms with van der Waals surface area (Å²) in [6, 6.07) is 0. The van der Waals surface area contributed by atoms with Crippen LogP contribution in [0.15, 0.2) is 0 Å². The van der Waals surface area contributed by atoms with Crippen molar-refractivity contribution in [2.24, 2.45) is 0 Å². The first-order valence-corrected chi connectivity index (χ1v) is 17.6. The van der Waals surface area contributed by atoms with Crippen LogP contribution < -0.4 is 0 Å². The largest absolute Gasteiger partial charge is 0.0942 e. The molecule has 0 aromatic heterocycles. The fraction of sp³-hybridized carbons (Fsp3) is 1.00. The SMILES string of the molecule is CCCCCCCCCCCCCCCCSSCCCCCCCCCCCCCC. The van der Waals surface area contributed by atoms with Crippen molar-refractivity contribution in [1.82, 2.24) is 0 Å². The average molecular weight is 487 g/mol. The van der Waals surface area contributed by atoms with Crippen molar-refractivity contribution in [3.8, 4) is 0 Å². The Morgan fingerprint density at radius 3 is 0.656 bits per heavy atom. The first-order valence-electron chi connectivity index (χ1n) is 15.2. The first-order chi connectivity index (χ1) is 15.9. The minimum Gasteiger partial charge on any atom is -0.0942 e. The second-order valence-corrected chi connectivity index (χ2v) is 12.8. The molecule has 0 amide bonds. The first kappa shape index (κ1) is 32.7. The summed E-state index contributed by atoms with van der Waals surface area (Å²) in [5.74, 6) is 2.75. The van der Waals surface area contributed by atoms with Crippen LogP contribution in [-0.4, -0.2) is 11.5 Å². The van der Waals surface area contributed by atoms with E-state index in [2.05, 4.69) is 35.4 Å². The third kappa shape index (κ3) is 30.7. The molecular weight excluding hydrogens is 424 g/mol. The second kappa shape index (κ2) is 31.7. The normalized spacial score (nSPS) is 11.4. The fourth-order valence-electron chi connectivity index (χ4n) is 4.48. The van der Waals surface area contributed by atoms with Crippen molar-refractivity contribution >= 4 is 21.6 Å². The highest BCUT2D eigenvalue weighted by molar-refractivity contribution is 8.76. The lowest BCUT2D eigenvalue weighted by atomic mass is 10.0. The third-order valence-corrected chi connectivity index (χ3v) is 9.32. The molecule has 0 nitrogen and oxygen atoms in total. The van der Waals surface area contributed by atoms with Crippen LogP contribution in [0.2, 0.25) is 0 Å². The maximum atomic E-state index is 2.30. The summed E-state index contributed by atoms with van der Waals surface area (Å²) in [6.07, 6.45) is 38.0. The molecule has 0 bridgehead atoms.